The summed E-state index contributed by atoms with van der Waals surface area (Å²) < 4.78 is 43.3. The molecule has 0 bridgehead atoms. The third-order valence-electron chi connectivity index (χ3n) is 5.66. The molecule has 0 aliphatic carbocycles. The highest BCUT2D eigenvalue weighted by atomic mass is 32.2. The number of nitrogens with one attached hydrogen (secondary N) is 2. The molecule has 2 N–H and O–H groups in total. The van der Waals surface area contributed by atoms with Gasteiger partial charge in [-0.3, -0.25) is 13.9 Å². The quantitative estimate of drug-likeness (QED) is 0.331. The number of ether oxygens (including phenoxy) is 2. The fraction of sp³-hybridized carbons (Fsp3) is 0.120. The minimum atomic E-state index is -3.98. The van der Waals surface area contributed by atoms with Crippen LogP contribution >= 0.6 is 0 Å². The molecule has 2 aromatic heterocycles. The third kappa shape index (κ3) is 4.56. The molecule has 5 rings (SSSR count). The van der Waals surface area contributed by atoms with Crippen LogP contribution in [-0.2, 0) is 30.7 Å². The maximum Gasteiger partial charge on any atom is 0.328 e. The molecule has 5 aromatic rings. The standard InChI is InChI=1S/C25H23N5O5S/c1-29-21-12-20(28-36(32,33)24-14-26-16-27-24)23(13-22(21)30(2)25(29)31)35-19-10-6-9-18(11-19)34-15-17-7-4-3-5-8-17/h3-14,16,28H,15H2,1-2H3,(H,26,27). The van der Waals surface area contributed by atoms with Gasteiger partial charge in [-0.2, -0.15) is 8.42 Å². The Balaban J connectivity index is 1.50. The predicted molar refractivity (Wildman–Crippen MR) is 135 cm³/mol. The summed E-state index contributed by atoms with van der Waals surface area (Å²) >= 11 is 0. The number of H-pyrrole nitrogens is 1. The van der Waals surface area contributed by atoms with Gasteiger partial charge in [0.1, 0.15) is 18.1 Å². The summed E-state index contributed by atoms with van der Waals surface area (Å²) in [6.07, 6.45) is 2.48. The molecule has 0 unspecified atom stereocenters. The summed E-state index contributed by atoms with van der Waals surface area (Å²) in [5, 5.41) is -0.105. The maximum atomic E-state index is 12.9. The van der Waals surface area contributed by atoms with Crippen molar-refractivity contribution in [2.24, 2.45) is 14.1 Å². The van der Waals surface area contributed by atoms with E-state index in [1.165, 1.54) is 21.7 Å². The molecule has 36 heavy (non-hydrogen) atoms. The average Bonchev–Trinajstić information content (AvgIpc) is 3.50. The number of rotatable bonds is 8. The van der Waals surface area contributed by atoms with Gasteiger partial charge in [0.25, 0.3) is 10.0 Å². The summed E-state index contributed by atoms with van der Waals surface area (Å²) in [5.41, 5.74) is 2.06. The van der Waals surface area contributed by atoms with E-state index in [-0.39, 0.29) is 22.2 Å². The zero-order chi connectivity index (χ0) is 25.3. The second-order valence-electron chi connectivity index (χ2n) is 8.11. The van der Waals surface area contributed by atoms with Gasteiger partial charge in [-0.15, -0.1) is 0 Å². The fourth-order valence-corrected chi connectivity index (χ4v) is 4.74. The molecule has 184 valence electrons. The Labute approximate surface area is 206 Å². The smallest absolute Gasteiger partial charge is 0.328 e. The molecule has 0 fully saturated rings. The summed E-state index contributed by atoms with van der Waals surface area (Å²) in [4.78, 5) is 18.9. The van der Waals surface area contributed by atoms with Crippen LogP contribution in [-0.4, -0.2) is 27.5 Å². The lowest BCUT2D eigenvalue weighted by Crippen LogP contribution is -2.19. The van der Waals surface area contributed by atoms with Crippen molar-refractivity contribution in [2.75, 3.05) is 4.72 Å². The molecule has 10 nitrogen and oxygen atoms in total. The molecule has 0 saturated heterocycles. The van der Waals surface area contributed by atoms with Crippen molar-refractivity contribution >= 4 is 26.7 Å². The SMILES string of the molecule is Cn1c(=O)n(C)c2cc(Oc3cccc(OCc4ccccc4)c3)c(NS(=O)(=O)c3cnc[nH]3)cc21. The fourth-order valence-electron chi connectivity index (χ4n) is 3.78. The van der Waals surface area contributed by atoms with E-state index in [9.17, 15) is 13.2 Å². The van der Waals surface area contributed by atoms with E-state index >= 15 is 0 Å². The van der Waals surface area contributed by atoms with E-state index in [0.717, 1.165) is 5.56 Å². The van der Waals surface area contributed by atoms with Crippen LogP contribution in [0.15, 0.2) is 89.1 Å². The third-order valence-corrected chi connectivity index (χ3v) is 6.95. The van der Waals surface area contributed by atoms with Gasteiger partial charge >= 0.3 is 5.69 Å². The van der Waals surface area contributed by atoms with Crippen LogP contribution in [0.3, 0.4) is 0 Å². The van der Waals surface area contributed by atoms with Crippen molar-refractivity contribution in [3.63, 3.8) is 0 Å². The van der Waals surface area contributed by atoms with Gasteiger partial charge in [0.2, 0.25) is 0 Å². The minimum absolute atomic E-state index is 0.105. The second-order valence-corrected chi connectivity index (χ2v) is 9.76. The van der Waals surface area contributed by atoms with Gasteiger partial charge in [-0.25, -0.2) is 9.78 Å². The molecule has 0 atom stereocenters. The molecule has 0 spiro atoms. The minimum Gasteiger partial charge on any atom is -0.489 e. The molecule has 0 saturated carbocycles. The van der Waals surface area contributed by atoms with Crippen LogP contribution in [0.4, 0.5) is 5.69 Å². The number of fused-ring (bicyclic) bond motifs is 1. The van der Waals surface area contributed by atoms with Gasteiger partial charge in [0.05, 0.1) is 29.2 Å². The molecule has 0 aliphatic rings. The van der Waals surface area contributed by atoms with Crippen molar-refractivity contribution in [3.8, 4) is 17.2 Å². The van der Waals surface area contributed by atoms with Crippen LogP contribution in [0.2, 0.25) is 0 Å². The second kappa shape index (κ2) is 9.27. The van der Waals surface area contributed by atoms with Crippen molar-refractivity contribution in [1.82, 2.24) is 19.1 Å². The number of imidazole rings is 2. The largest absolute Gasteiger partial charge is 0.489 e. The Morgan fingerprint density at radius 2 is 1.67 bits per heavy atom. The highest BCUT2D eigenvalue weighted by Gasteiger charge is 2.21. The molecular formula is C25H23N5O5S. The first kappa shape index (κ1) is 23.2. The number of hydrogen-bond donors (Lipinski definition) is 2. The topological polar surface area (TPSA) is 120 Å². The van der Waals surface area contributed by atoms with Crippen molar-refractivity contribution in [3.05, 3.63) is 95.3 Å². The highest BCUT2D eigenvalue weighted by molar-refractivity contribution is 7.92. The lowest BCUT2D eigenvalue weighted by atomic mass is 10.2. The van der Waals surface area contributed by atoms with Crippen molar-refractivity contribution in [1.29, 1.82) is 0 Å². The van der Waals surface area contributed by atoms with Crippen molar-refractivity contribution in [2.45, 2.75) is 11.6 Å². The Morgan fingerprint density at radius 1 is 0.944 bits per heavy atom. The number of nitrogens with zero attached hydrogens (tertiary/aromatic N) is 3. The van der Waals surface area contributed by atoms with Crippen LogP contribution in [0.25, 0.3) is 11.0 Å². The zero-order valence-electron chi connectivity index (χ0n) is 19.5. The van der Waals surface area contributed by atoms with Crippen molar-refractivity contribution < 1.29 is 17.9 Å². The van der Waals surface area contributed by atoms with Crippen LogP contribution in [0.5, 0.6) is 17.2 Å². The van der Waals surface area contributed by atoms with E-state index in [1.54, 1.807) is 44.4 Å². The Morgan fingerprint density at radius 3 is 2.39 bits per heavy atom. The molecule has 0 amide bonds. The summed E-state index contributed by atoms with van der Waals surface area (Å²) in [5.74, 6) is 1.24. The van der Waals surface area contributed by atoms with E-state index in [1.807, 2.05) is 36.4 Å². The predicted octanol–water partition coefficient (Wildman–Crippen LogP) is 3.77. The molecule has 3 aromatic carbocycles. The number of hydrogen-bond acceptors (Lipinski definition) is 6. The first-order chi connectivity index (χ1) is 17.3. The number of sulfonamides is 1. The van der Waals surface area contributed by atoms with Gasteiger partial charge in [0.15, 0.2) is 10.8 Å². The summed E-state index contributed by atoms with van der Waals surface area (Å²) in [7, 11) is -0.727. The highest BCUT2D eigenvalue weighted by Crippen LogP contribution is 2.35. The Hall–Kier alpha value is -4.51. The van der Waals surface area contributed by atoms with Crippen LogP contribution in [0.1, 0.15) is 5.56 Å². The number of benzene rings is 3. The first-order valence-electron chi connectivity index (χ1n) is 11.0. The molecule has 2 heterocycles. The number of aryl methyl sites for hydroxylation is 2. The summed E-state index contributed by atoms with van der Waals surface area (Å²) in [6.45, 7) is 0.387. The number of aromatic nitrogens is 4. The maximum absolute atomic E-state index is 12.9. The first-order valence-corrected chi connectivity index (χ1v) is 12.5. The molecule has 0 aliphatic heterocycles. The monoisotopic (exact) mass is 505 g/mol. The van der Waals surface area contributed by atoms with E-state index in [0.29, 0.717) is 29.1 Å². The number of aromatic amines is 1. The summed E-state index contributed by atoms with van der Waals surface area (Å²) in [6, 6.07) is 20.0. The van der Waals surface area contributed by atoms with Crippen LogP contribution in [0, 0.1) is 0 Å². The molecule has 0 radical (unpaired) electrons. The Bertz CT molecular complexity index is 1690. The Kier molecular flexibility index (Phi) is 5.98. The van der Waals surface area contributed by atoms with E-state index < -0.39 is 10.0 Å². The average molecular weight is 506 g/mol. The lowest BCUT2D eigenvalue weighted by molar-refractivity contribution is 0.304. The normalized spacial score (nSPS) is 11.5. The molecular weight excluding hydrogens is 482 g/mol. The van der Waals surface area contributed by atoms with E-state index in [4.69, 9.17) is 9.47 Å². The van der Waals surface area contributed by atoms with Gasteiger partial charge in [-0.05, 0) is 23.8 Å². The number of anilines is 1. The zero-order valence-corrected chi connectivity index (χ0v) is 20.3. The van der Waals surface area contributed by atoms with Gasteiger partial charge < -0.3 is 14.5 Å². The lowest BCUT2D eigenvalue weighted by Gasteiger charge is -2.15. The molecule has 11 heteroatoms. The van der Waals surface area contributed by atoms with Gasteiger partial charge in [0, 0.05) is 26.2 Å². The van der Waals surface area contributed by atoms with E-state index in [2.05, 4.69) is 14.7 Å². The van der Waals surface area contributed by atoms with Crippen LogP contribution < -0.4 is 19.9 Å². The van der Waals surface area contributed by atoms with Gasteiger partial charge in [-0.1, -0.05) is 36.4 Å².